The summed E-state index contributed by atoms with van der Waals surface area (Å²) in [7, 11) is 3.20. The molecule has 0 N–H and O–H groups in total. The van der Waals surface area contributed by atoms with Crippen molar-refractivity contribution in [2.45, 2.75) is 18.7 Å². The van der Waals surface area contributed by atoms with Crippen LogP contribution in [-0.4, -0.2) is 41.7 Å². The minimum absolute atomic E-state index is 0.0360. The zero-order valence-corrected chi connectivity index (χ0v) is 18.4. The molecule has 1 heterocycles. The van der Waals surface area contributed by atoms with E-state index in [1.54, 1.807) is 31.4 Å². The average molecular weight is 434 g/mol. The maximum Gasteiger partial charge on any atom is 0.242 e. The second-order valence-corrected chi connectivity index (χ2v) is 8.37. The van der Waals surface area contributed by atoms with Gasteiger partial charge in [0.15, 0.2) is 5.17 Å². The summed E-state index contributed by atoms with van der Waals surface area (Å²) < 4.78 is 10.6. The number of methoxy groups -OCH3 is 2. The average Bonchev–Trinajstić information content (AvgIpc) is 3.07. The first-order chi connectivity index (χ1) is 15.1. The highest BCUT2D eigenvalue weighted by atomic mass is 32.2. The van der Waals surface area contributed by atoms with E-state index in [0.29, 0.717) is 23.2 Å². The van der Waals surface area contributed by atoms with Gasteiger partial charge in [-0.25, -0.2) is 0 Å². The lowest BCUT2D eigenvalue weighted by atomic mass is 10.0. The lowest BCUT2D eigenvalue weighted by Crippen LogP contribution is -2.30. The van der Waals surface area contributed by atoms with E-state index in [2.05, 4.69) is 28.4 Å². The maximum absolute atomic E-state index is 12.8. The van der Waals surface area contributed by atoms with Gasteiger partial charge < -0.3 is 9.47 Å². The molecule has 158 valence electrons. The summed E-state index contributed by atoms with van der Waals surface area (Å²) in [6.45, 7) is 2.35. The van der Waals surface area contributed by atoms with E-state index in [4.69, 9.17) is 9.47 Å². The Hall–Kier alpha value is -3.32. The molecule has 0 spiro atoms. The molecule has 0 aromatic heterocycles. The summed E-state index contributed by atoms with van der Waals surface area (Å²) in [6, 6.07) is 19.8. The van der Waals surface area contributed by atoms with Crippen LogP contribution in [-0.2, 0) is 11.3 Å². The topological polar surface area (TPSA) is 63.5 Å². The molecule has 1 saturated heterocycles. The van der Waals surface area contributed by atoms with Crippen LogP contribution in [0.1, 0.15) is 18.1 Å². The highest BCUT2D eigenvalue weighted by molar-refractivity contribution is 8.15. The van der Waals surface area contributed by atoms with Crippen LogP contribution in [0.3, 0.4) is 0 Å². The number of carbonyl (C=O) groups excluding carboxylic acids is 1. The Morgan fingerprint density at radius 1 is 1.06 bits per heavy atom. The fraction of sp³-hybridized carbons (Fsp3) is 0.208. The molecule has 1 aliphatic rings. The summed E-state index contributed by atoms with van der Waals surface area (Å²) in [5.41, 5.74) is 1.85. The van der Waals surface area contributed by atoms with Gasteiger partial charge in [0.2, 0.25) is 5.91 Å². The molecule has 0 aliphatic carbocycles. The Morgan fingerprint density at radius 2 is 1.87 bits per heavy atom. The van der Waals surface area contributed by atoms with Crippen molar-refractivity contribution in [3.8, 4) is 11.5 Å². The van der Waals surface area contributed by atoms with Gasteiger partial charge in [-0.3, -0.25) is 9.69 Å². The molecule has 1 atom stereocenters. The third kappa shape index (κ3) is 4.41. The Morgan fingerprint density at radius 3 is 2.68 bits per heavy atom. The highest BCUT2D eigenvalue weighted by Gasteiger charge is 2.35. The van der Waals surface area contributed by atoms with Crippen molar-refractivity contribution < 1.29 is 14.3 Å². The third-order valence-electron chi connectivity index (χ3n) is 5.12. The number of amidine groups is 1. The molecule has 0 bridgehead atoms. The molecule has 0 radical (unpaired) electrons. The van der Waals surface area contributed by atoms with Gasteiger partial charge in [-0.1, -0.05) is 54.2 Å². The molecule has 7 heteroatoms. The summed E-state index contributed by atoms with van der Waals surface area (Å²) in [5, 5.41) is 11.3. The first-order valence-electron chi connectivity index (χ1n) is 9.88. The van der Waals surface area contributed by atoms with E-state index in [1.165, 1.54) is 11.8 Å². The SMILES string of the molecule is COc1ccc(/C=N\N=C2/S[C@H](C)C(=O)N2Cc2cccc3ccccc23)c(OC)c1. The molecule has 1 amide bonds. The van der Waals surface area contributed by atoms with Crippen LogP contribution in [0.5, 0.6) is 11.5 Å². The Bertz CT molecular complexity index is 1170. The second-order valence-electron chi connectivity index (χ2n) is 7.06. The molecule has 1 aliphatic heterocycles. The summed E-state index contributed by atoms with van der Waals surface area (Å²) in [5.74, 6) is 1.38. The zero-order valence-electron chi connectivity index (χ0n) is 17.6. The molecular weight excluding hydrogens is 410 g/mol. The molecule has 3 aromatic carbocycles. The third-order valence-corrected chi connectivity index (χ3v) is 6.18. The predicted octanol–water partition coefficient (Wildman–Crippen LogP) is 4.71. The van der Waals surface area contributed by atoms with Gasteiger partial charge in [-0.05, 0) is 35.4 Å². The number of hydrogen-bond donors (Lipinski definition) is 0. The zero-order chi connectivity index (χ0) is 21.8. The van der Waals surface area contributed by atoms with Gasteiger partial charge in [-0.15, -0.1) is 5.10 Å². The fourth-order valence-electron chi connectivity index (χ4n) is 3.48. The van der Waals surface area contributed by atoms with Crippen molar-refractivity contribution in [1.82, 2.24) is 4.90 Å². The predicted molar refractivity (Wildman–Crippen MR) is 126 cm³/mol. The van der Waals surface area contributed by atoms with E-state index >= 15 is 0 Å². The van der Waals surface area contributed by atoms with Gasteiger partial charge >= 0.3 is 0 Å². The van der Waals surface area contributed by atoms with E-state index in [1.807, 2.05) is 43.3 Å². The second kappa shape index (κ2) is 9.22. The van der Waals surface area contributed by atoms with Crippen LogP contribution in [0.15, 0.2) is 70.9 Å². The Kier molecular flexibility index (Phi) is 6.23. The molecule has 1 fully saturated rings. The summed E-state index contributed by atoms with van der Waals surface area (Å²) >= 11 is 1.42. The number of ether oxygens (including phenoxy) is 2. The molecule has 6 nitrogen and oxygen atoms in total. The van der Waals surface area contributed by atoms with E-state index in [0.717, 1.165) is 21.9 Å². The van der Waals surface area contributed by atoms with Gasteiger partial charge in [0.05, 0.1) is 32.2 Å². The number of benzene rings is 3. The van der Waals surface area contributed by atoms with E-state index in [9.17, 15) is 4.79 Å². The summed E-state index contributed by atoms with van der Waals surface area (Å²) in [4.78, 5) is 14.5. The number of thioether (sulfide) groups is 1. The molecule has 0 unspecified atom stereocenters. The van der Waals surface area contributed by atoms with Crippen molar-refractivity contribution >= 4 is 39.8 Å². The minimum atomic E-state index is -0.195. The van der Waals surface area contributed by atoms with Crippen LogP contribution >= 0.6 is 11.8 Å². The van der Waals surface area contributed by atoms with Gasteiger partial charge in [0, 0.05) is 11.6 Å². The Balaban J connectivity index is 1.60. The van der Waals surface area contributed by atoms with Gasteiger partial charge in [-0.2, -0.15) is 5.10 Å². The van der Waals surface area contributed by atoms with Crippen LogP contribution in [0, 0.1) is 0 Å². The fourth-order valence-corrected chi connectivity index (χ4v) is 4.40. The van der Waals surface area contributed by atoms with Crippen molar-refractivity contribution in [2.24, 2.45) is 10.2 Å². The number of nitrogens with zero attached hydrogens (tertiary/aromatic N) is 3. The van der Waals surface area contributed by atoms with Crippen LogP contribution < -0.4 is 9.47 Å². The molecule has 3 aromatic rings. The number of hydrogen-bond acceptors (Lipinski definition) is 6. The minimum Gasteiger partial charge on any atom is -0.497 e. The van der Waals surface area contributed by atoms with Gasteiger partial charge in [0.25, 0.3) is 0 Å². The molecular formula is C24H23N3O3S. The lowest BCUT2D eigenvalue weighted by Gasteiger charge is -2.17. The van der Waals surface area contributed by atoms with E-state index < -0.39 is 0 Å². The van der Waals surface area contributed by atoms with Gasteiger partial charge in [0.1, 0.15) is 11.5 Å². The van der Waals surface area contributed by atoms with E-state index in [-0.39, 0.29) is 11.2 Å². The standard InChI is InChI=1S/C24H23N3O3S/c1-16-23(28)27(15-19-9-6-8-17-7-4-5-10-21(17)19)24(31-16)26-25-14-18-11-12-20(29-2)13-22(18)30-3/h4-14,16H,15H2,1-3H3/b25-14-,26-24-/t16-/m1/s1. The van der Waals surface area contributed by atoms with Crippen molar-refractivity contribution in [3.05, 3.63) is 71.8 Å². The quantitative estimate of drug-likeness (QED) is 0.417. The first-order valence-corrected chi connectivity index (χ1v) is 10.8. The first kappa shape index (κ1) is 20.9. The molecule has 4 rings (SSSR count). The smallest absolute Gasteiger partial charge is 0.242 e. The van der Waals surface area contributed by atoms with Crippen LogP contribution in [0.25, 0.3) is 10.8 Å². The van der Waals surface area contributed by atoms with Crippen molar-refractivity contribution in [2.75, 3.05) is 14.2 Å². The van der Waals surface area contributed by atoms with Crippen molar-refractivity contribution in [3.63, 3.8) is 0 Å². The number of rotatable bonds is 6. The summed E-state index contributed by atoms with van der Waals surface area (Å²) in [6.07, 6.45) is 1.62. The monoisotopic (exact) mass is 433 g/mol. The number of amides is 1. The molecule has 0 saturated carbocycles. The number of fused-ring (bicyclic) bond motifs is 1. The molecule has 31 heavy (non-hydrogen) atoms. The normalized spacial score (nSPS) is 17.8. The largest absolute Gasteiger partial charge is 0.497 e. The van der Waals surface area contributed by atoms with Crippen molar-refractivity contribution in [1.29, 1.82) is 0 Å². The number of carbonyl (C=O) groups is 1. The van der Waals surface area contributed by atoms with Crippen LogP contribution in [0.4, 0.5) is 0 Å². The van der Waals surface area contributed by atoms with Crippen LogP contribution in [0.2, 0.25) is 0 Å². The maximum atomic E-state index is 12.8. The highest BCUT2D eigenvalue weighted by Crippen LogP contribution is 2.30. The Labute approximate surface area is 185 Å². The lowest BCUT2D eigenvalue weighted by molar-refractivity contribution is -0.126.